The highest BCUT2D eigenvalue weighted by molar-refractivity contribution is 5.63. The lowest BCUT2D eigenvalue weighted by atomic mass is 10.2. The Morgan fingerprint density at radius 3 is 2.48 bits per heavy atom. The molecule has 0 unspecified atom stereocenters. The molecule has 106 valence electrons. The van der Waals surface area contributed by atoms with E-state index in [9.17, 15) is 14.6 Å². The van der Waals surface area contributed by atoms with E-state index in [-0.39, 0.29) is 34.5 Å². The zero-order valence-corrected chi connectivity index (χ0v) is 10.5. The fourth-order valence-electron chi connectivity index (χ4n) is 1.79. The van der Waals surface area contributed by atoms with Gasteiger partial charge in [-0.15, -0.1) is 0 Å². The zero-order valence-electron chi connectivity index (χ0n) is 10.5. The summed E-state index contributed by atoms with van der Waals surface area (Å²) >= 11 is 0. The van der Waals surface area contributed by atoms with E-state index in [0.717, 1.165) is 6.07 Å². The number of rotatable bonds is 2. The van der Waals surface area contributed by atoms with Crippen LogP contribution in [0.4, 0.5) is 4.39 Å². The Labute approximate surface area is 117 Å². The molecule has 0 saturated carbocycles. The zero-order chi connectivity index (χ0) is 15.0. The Morgan fingerprint density at radius 1 is 0.952 bits per heavy atom. The van der Waals surface area contributed by atoms with Crippen LogP contribution in [0.25, 0.3) is 22.8 Å². The average Bonchev–Trinajstić information content (AvgIpc) is 2.91. The van der Waals surface area contributed by atoms with Crippen LogP contribution in [0.3, 0.4) is 0 Å². The summed E-state index contributed by atoms with van der Waals surface area (Å²) in [5.74, 6) is -1.43. The van der Waals surface area contributed by atoms with Crippen molar-refractivity contribution < 1.29 is 24.2 Å². The quantitative estimate of drug-likeness (QED) is 0.627. The van der Waals surface area contributed by atoms with E-state index in [1.54, 1.807) is 0 Å². The van der Waals surface area contributed by atoms with Crippen molar-refractivity contribution in [1.29, 1.82) is 0 Å². The standard InChI is InChI=1S/C14H9FN2O4/c15-10-6-8(18)2-3-9(10)14-16-13(17-21-14)7-1-4-11(19)12(20)5-7/h1-6,18-20H. The van der Waals surface area contributed by atoms with Gasteiger partial charge in [0.2, 0.25) is 5.82 Å². The summed E-state index contributed by atoms with van der Waals surface area (Å²) in [5.41, 5.74) is 0.453. The van der Waals surface area contributed by atoms with Crippen LogP contribution in [-0.2, 0) is 0 Å². The highest BCUT2D eigenvalue weighted by Gasteiger charge is 2.15. The molecular formula is C14H9FN2O4. The monoisotopic (exact) mass is 288 g/mol. The first-order valence-corrected chi connectivity index (χ1v) is 5.89. The number of halogens is 1. The Morgan fingerprint density at radius 2 is 1.76 bits per heavy atom. The number of aromatic nitrogens is 2. The van der Waals surface area contributed by atoms with Gasteiger partial charge in [-0.05, 0) is 30.3 Å². The Bertz CT molecular complexity index is 816. The number of nitrogens with zero attached hydrogens (tertiary/aromatic N) is 2. The van der Waals surface area contributed by atoms with E-state index in [1.807, 2.05) is 0 Å². The largest absolute Gasteiger partial charge is 0.508 e. The first-order valence-electron chi connectivity index (χ1n) is 5.89. The molecule has 3 aromatic rings. The molecular weight excluding hydrogens is 279 g/mol. The average molecular weight is 288 g/mol. The first-order chi connectivity index (χ1) is 10.0. The van der Waals surface area contributed by atoms with Crippen molar-refractivity contribution in [1.82, 2.24) is 10.1 Å². The van der Waals surface area contributed by atoms with Crippen LogP contribution < -0.4 is 0 Å². The molecule has 2 aromatic carbocycles. The van der Waals surface area contributed by atoms with Gasteiger partial charge in [0, 0.05) is 11.6 Å². The van der Waals surface area contributed by atoms with Crippen LogP contribution in [0, 0.1) is 5.82 Å². The Kier molecular flexibility index (Phi) is 2.94. The summed E-state index contributed by atoms with van der Waals surface area (Å²) in [6.07, 6.45) is 0. The van der Waals surface area contributed by atoms with Gasteiger partial charge in [-0.25, -0.2) is 4.39 Å². The third-order valence-corrected chi connectivity index (χ3v) is 2.84. The summed E-state index contributed by atoms with van der Waals surface area (Å²) < 4.78 is 18.7. The highest BCUT2D eigenvalue weighted by atomic mass is 19.1. The summed E-state index contributed by atoms with van der Waals surface area (Å²) in [6.45, 7) is 0. The summed E-state index contributed by atoms with van der Waals surface area (Å²) in [7, 11) is 0. The van der Waals surface area contributed by atoms with E-state index < -0.39 is 5.82 Å². The van der Waals surface area contributed by atoms with Gasteiger partial charge in [0.25, 0.3) is 5.89 Å². The van der Waals surface area contributed by atoms with Crippen LogP contribution in [0.1, 0.15) is 0 Å². The second kappa shape index (κ2) is 4.78. The molecule has 0 aliphatic carbocycles. The van der Waals surface area contributed by atoms with Gasteiger partial charge in [0.15, 0.2) is 11.5 Å². The molecule has 6 nitrogen and oxygen atoms in total. The predicted octanol–water partition coefficient (Wildman–Crippen LogP) is 2.66. The summed E-state index contributed by atoms with van der Waals surface area (Å²) in [4.78, 5) is 4.02. The van der Waals surface area contributed by atoms with Crippen molar-refractivity contribution in [2.75, 3.05) is 0 Å². The Balaban J connectivity index is 2.01. The molecule has 0 aliphatic rings. The minimum atomic E-state index is -0.696. The molecule has 0 saturated heterocycles. The number of phenolic OH excluding ortho intramolecular Hbond substituents is 3. The number of benzene rings is 2. The SMILES string of the molecule is Oc1ccc(-c2nc(-c3ccc(O)c(O)c3)no2)c(F)c1. The van der Waals surface area contributed by atoms with Gasteiger partial charge in [-0.2, -0.15) is 4.98 Å². The summed E-state index contributed by atoms with van der Waals surface area (Å²) in [5, 5.41) is 31.5. The van der Waals surface area contributed by atoms with Crippen LogP contribution in [0.2, 0.25) is 0 Å². The maximum absolute atomic E-state index is 13.7. The highest BCUT2D eigenvalue weighted by Crippen LogP contribution is 2.31. The van der Waals surface area contributed by atoms with Crippen molar-refractivity contribution in [2.45, 2.75) is 0 Å². The van der Waals surface area contributed by atoms with Crippen LogP contribution in [0.15, 0.2) is 40.9 Å². The van der Waals surface area contributed by atoms with Gasteiger partial charge in [-0.1, -0.05) is 5.16 Å². The van der Waals surface area contributed by atoms with Crippen molar-refractivity contribution in [3.05, 3.63) is 42.2 Å². The molecule has 0 bridgehead atoms. The lowest BCUT2D eigenvalue weighted by Gasteiger charge is -1.99. The molecule has 0 aliphatic heterocycles. The van der Waals surface area contributed by atoms with E-state index >= 15 is 0 Å². The number of hydrogen-bond donors (Lipinski definition) is 3. The molecule has 21 heavy (non-hydrogen) atoms. The van der Waals surface area contributed by atoms with E-state index in [0.29, 0.717) is 5.56 Å². The van der Waals surface area contributed by atoms with Crippen molar-refractivity contribution in [3.63, 3.8) is 0 Å². The van der Waals surface area contributed by atoms with Crippen LogP contribution >= 0.6 is 0 Å². The lowest BCUT2D eigenvalue weighted by molar-refractivity contribution is 0.403. The molecule has 0 radical (unpaired) electrons. The molecule has 0 fully saturated rings. The van der Waals surface area contributed by atoms with Gasteiger partial charge in [0.1, 0.15) is 11.6 Å². The van der Waals surface area contributed by atoms with Crippen molar-refractivity contribution in [2.24, 2.45) is 0 Å². The molecule has 1 heterocycles. The van der Waals surface area contributed by atoms with E-state index in [1.165, 1.54) is 30.3 Å². The molecule has 7 heteroatoms. The molecule has 0 amide bonds. The maximum atomic E-state index is 13.7. The first kappa shape index (κ1) is 12.9. The minimum absolute atomic E-state index is 0.0505. The van der Waals surface area contributed by atoms with Gasteiger partial charge >= 0.3 is 0 Å². The van der Waals surface area contributed by atoms with Crippen LogP contribution in [0.5, 0.6) is 17.2 Å². The second-order valence-corrected chi connectivity index (χ2v) is 4.29. The number of phenols is 3. The van der Waals surface area contributed by atoms with E-state index in [4.69, 9.17) is 9.63 Å². The van der Waals surface area contributed by atoms with Crippen LogP contribution in [-0.4, -0.2) is 25.5 Å². The van der Waals surface area contributed by atoms with Gasteiger partial charge in [-0.3, -0.25) is 0 Å². The number of hydrogen-bond acceptors (Lipinski definition) is 6. The molecule has 0 spiro atoms. The molecule has 3 N–H and O–H groups in total. The fourth-order valence-corrected chi connectivity index (χ4v) is 1.79. The smallest absolute Gasteiger partial charge is 0.261 e. The topological polar surface area (TPSA) is 99.6 Å². The second-order valence-electron chi connectivity index (χ2n) is 4.29. The minimum Gasteiger partial charge on any atom is -0.508 e. The van der Waals surface area contributed by atoms with Gasteiger partial charge < -0.3 is 19.8 Å². The third kappa shape index (κ3) is 2.36. The fraction of sp³-hybridized carbons (Fsp3) is 0. The van der Waals surface area contributed by atoms with E-state index in [2.05, 4.69) is 10.1 Å². The summed E-state index contributed by atoms with van der Waals surface area (Å²) in [6, 6.07) is 7.58. The lowest BCUT2D eigenvalue weighted by Crippen LogP contribution is -1.85. The maximum Gasteiger partial charge on any atom is 0.261 e. The molecule has 3 rings (SSSR count). The molecule has 0 atom stereocenters. The third-order valence-electron chi connectivity index (χ3n) is 2.84. The van der Waals surface area contributed by atoms with Crippen molar-refractivity contribution in [3.8, 4) is 40.1 Å². The van der Waals surface area contributed by atoms with Crippen molar-refractivity contribution >= 4 is 0 Å². The number of aromatic hydroxyl groups is 3. The Hall–Kier alpha value is -3.09. The van der Waals surface area contributed by atoms with Gasteiger partial charge in [0.05, 0.1) is 5.56 Å². The molecule has 1 aromatic heterocycles. The normalized spacial score (nSPS) is 10.7. The predicted molar refractivity (Wildman–Crippen MR) is 70.1 cm³/mol.